The van der Waals surface area contributed by atoms with Gasteiger partial charge in [-0.05, 0) is 49.6 Å². The maximum absolute atomic E-state index is 12.1. The SMILES string of the molecule is CCOc1ccc(OC(C)C(=O)NNC(=O)CN(C)C(=O)c2cccs2)cc1. The average molecular weight is 405 g/mol. The molecule has 1 aromatic carbocycles. The molecule has 28 heavy (non-hydrogen) atoms. The first-order valence-electron chi connectivity index (χ1n) is 8.68. The van der Waals surface area contributed by atoms with Gasteiger partial charge in [0.2, 0.25) is 0 Å². The molecular formula is C19H23N3O5S. The van der Waals surface area contributed by atoms with Crippen LogP contribution in [0.1, 0.15) is 23.5 Å². The molecule has 8 nitrogen and oxygen atoms in total. The summed E-state index contributed by atoms with van der Waals surface area (Å²) in [5.74, 6) is -0.0914. The molecule has 0 aliphatic carbocycles. The summed E-state index contributed by atoms with van der Waals surface area (Å²) in [6.45, 7) is 3.82. The monoisotopic (exact) mass is 405 g/mol. The van der Waals surface area contributed by atoms with Crippen LogP contribution in [0.15, 0.2) is 41.8 Å². The normalized spacial score (nSPS) is 11.2. The van der Waals surface area contributed by atoms with Crippen LogP contribution in [-0.2, 0) is 9.59 Å². The van der Waals surface area contributed by atoms with Crippen molar-refractivity contribution in [2.75, 3.05) is 20.2 Å². The first-order chi connectivity index (χ1) is 13.4. The summed E-state index contributed by atoms with van der Waals surface area (Å²) < 4.78 is 10.9. The van der Waals surface area contributed by atoms with Gasteiger partial charge < -0.3 is 14.4 Å². The molecule has 1 atom stereocenters. The Bertz CT molecular complexity index is 792. The van der Waals surface area contributed by atoms with Crippen LogP contribution in [0, 0.1) is 0 Å². The molecule has 0 bridgehead atoms. The molecule has 0 aliphatic heterocycles. The summed E-state index contributed by atoms with van der Waals surface area (Å²) in [6.07, 6.45) is -0.830. The quantitative estimate of drug-likeness (QED) is 0.653. The third-order valence-corrected chi connectivity index (χ3v) is 4.46. The number of benzene rings is 1. The highest BCUT2D eigenvalue weighted by atomic mass is 32.1. The molecule has 2 N–H and O–H groups in total. The minimum absolute atomic E-state index is 0.189. The van der Waals surface area contributed by atoms with Gasteiger partial charge in [0.15, 0.2) is 6.10 Å². The number of amides is 3. The summed E-state index contributed by atoms with van der Waals surface area (Å²) in [4.78, 5) is 37.9. The molecule has 0 spiro atoms. The fraction of sp³-hybridized carbons (Fsp3) is 0.316. The van der Waals surface area contributed by atoms with E-state index in [2.05, 4.69) is 10.9 Å². The van der Waals surface area contributed by atoms with Gasteiger partial charge in [0.25, 0.3) is 17.7 Å². The second-order valence-electron chi connectivity index (χ2n) is 5.84. The number of nitrogens with one attached hydrogen (secondary N) is 2. The summed E-state index contributed by atoms with van der Waals surface area (Å²) in [7, 11) is 1.51. The highest BCUT2D eigenvalue weighted by molar-refractivity contribution is 7.12. The number of rotatable bonds is 8. The number of hydrogen-bond acceptors (Lipinski definition) is 6. The van der Waals surface area contributed by atoms with Gasteiger partial charge in [0.1, 0.15) is 18.0 Å². The average Bonchev–Trinajstić information content (AvgIpc) is 3.21. The number of likely N-dealkylation sites (N-methyl/N-ethyl adjacent to an activating group) is 1. The molecule has 0 radical (unpaired) electrons. The predicted molar refractivity (Wildman–Crippen MR) is 105 cm³/mol. The lowest BCUT2D eigenvalue weighted by Crippen LogP contribution is -2.50. The number of hydrazine groups is 1. The fourth-order valence-electron chi connectivity index (χ4n) is 2.19. The molecule has 150 valence electrons. The molecule has 0 fully saturated rings. The summed E-state index contributed by atoms with van der Waals surface area (Å²) >= 11 is 1.30. The number of hydrogen-bond donors (Lipinski definition) is 2. The van der Waals surface area contributed by atoms with Crippen LogP contribution in [0.3, 0.4) is 0 Å². The van der Waals surface area contributed by atoms with Crippen molar-refractivity contribution in [3.05, 3.63) is 46.7 Å². The highest BCUT2D eigenvalue weighted by Gasteiger charge is 2.18. The molecule has 1 heterocycles. The van der Waals surface area contributed by atoms with E-state index in [1.165, 1.54) is 23.3 Å². The van der Waals surface area contributed by atoms with E-state index >= 15 is 0 Å². The van der Waals surface area contributed by atoms with Gasteiger partial charge in [-0.1, -0.05) is 6.07 Å². The van der Waals surface area contributed by atoms with E-state index in [0.717, 1.165) is 0 Å². The molecule has 3 amide bonds. The number of carbonyl (C=O) groups excluding carboxylic acids is 3. The van der Waals surface area contributed by atoms with E-state index < -0.39 is 17.9 Å². The third-order valence-electron chi connectivity index (χ3n) is 3.60. The summed E-state index contributed by atoms with van der Waals surface area (Å²) in [5, 5.41) is 1.78. The first-order valence-corrected chi connectivity index (χ1v) is 9.55. The molecule has 1 aromatic heterocycles. The Labute approximate surface area is 167 Å². The van der Waals surface area contributed by atoms with Crippen LogP contribution < -0.4 is 20.3 Å². The van der Waals surface area contributed by atoms with E-state index in [4.69, 9.17) is 9.47 Å². The van der Waals surface area contributed by atoms with E-state index in [-0.39, 0.29) is 12.5 Å². The molecule has 2 aromatic rings. The number of ether oxygens (including phenoxy) is 2. The van der Waals surface area contributed by atoms with Crippen LogP contribution in [0.5, 0.6) is 11.5 Å². The van der Waals surface area contributed by atoms with Gasteiger partial charge in [-0.15, -0.1) is 11.3 Å². The number of carbonyl (C=O) groups is 3. The van der Waals surface area contributed by atoms with Gasteiger partial charge in [0, 0.05) is 7.05 Å². The van der Waals surface area contributed by atoms with Crippen LogP contribution in [0.2, 0.25) is 0 Å². The lowest BCUT2D eigenvalue weighted by molar-refractivity contribution is -0.132. The Hall–Kier alpha value is -3.07. The predicted octanol–water partition coefficient (Wildman–Crippen LogP) is 1.83. The van der Waals surface area contributed by atoms with Crippen molar-refractivity contribution in [2.24, 2.45) is 0 Å². The maximum Gasteiger partial charge on any atom is 0.279 e. The molecule has 1 unspecified atom stereocenters. The Morgan fingerprint density at radius 3 is 2.39 bits per heavy atom. The van der Waals surface area contributed by atoms with Crippen molar-refractivity contribution in [2.45, 2.75) is 20.0 Å². The number of thiophene rings is 1. The van der Waals surface area contributed by atoms with Crippen molar-refractivity contribution in [1.29, 1.82) is 0 Å². The Kier molecular flexibility index (Phi) is 7.82. The summed E-state index contributed by atoms with van der Waals surface area (Å²) in [6, 6.07) is 10.3. The van der Waals surface area contributed by atoms with Gasteiger partial charge >= 0.3 is 0 Å². The standard InChI is InChI=1S/C19H23N3O5S/c1-4-26-14-7-9-15(10-8-14)27-13(2)18(24)21-20-17(23)12-22(3)19(25)16-6-5-11-28-16/h5-11,13H,4,12H2,1-3H3,(H,20,23)(H,21,24). The van der Waals surface area contributed by atoms with Crippen LogP contribution in [0.4, 0.5) is 0 Å². The largest absolute Gasteiger partial charge is 0.494 e. The molecule has 9 heteroatoms. The second kappa shape index (κ2) is 10.3. The van der Waals surface area contributed by atoms with Gasteiger partial charge in [-0.3, -0.25) is 25.2 Å². The molecule has 0 saturated heterocycles. The zero-order valence-corrected chi connectivity index (χ0v) is 16.7. The zero-order valence-electron chi connectivity index (χ0n) is 15.9. The van der Waals surface area contributed by atoms with Crippen LogP contribution >= 0.6 is 11.3 Å². The van der Waals surface area contributed by atoms with E-state index in [0.29, 0.717) is 23.0 Å². The lowest BCUT2D eigenvalue weighted by Gasteiger charge is -2.18. The van der Waals surface area contributed by atoms with E-state index in [1.54, 1.807) is 48.7 Å². The molecule has 0 aliphatic rings. The third kappa shape index (κ3) is 6.27. The fourth-order valence-corrected chi connectivity index (χ4v) is 2.90. The Morgan fingerprint density at radius 1 is 1.11 bits per heavy atom. The van der Waals surface area contributed by atoms with Crippen molar-refractivity contribution >= 4 is 29.1 Å². The maximum atomic E-state index is 12.1. The Morgan fingerprint density at radius 2 is 1.79 bits per heavy atom. The van der Waals surface area contributed by atoms with Gasteiger partial charge in [0.05, 0.1) is 11.5 Å². The molecular weight excluding hydrogens is 382 g/mol. The van der Waals surface area contributed by atoms with Crippen LogP contribution in [0.25, 0.3) is 0 Å². The van der Waals surface area contributed by atoms with Crippen molar-refractivity contribution in [3.63, 3.8) is 0 Å². The molecule has 0 saturated carbocycles. The second-order valence-corrected chi connectivity index (χ2v) is 6.79. The summed E-state index contributed by atoms with van der Waals surface area (Å²) in [5.41, 5.74) is 4.57. The van der Waals surface area contributed by atoms with Crippen LogP contribution in [-0.4, -0.2) is 48.9 Å². The first kappa shape index (κ1) is 21.2. The lowest BCUT2D eigenvalue weighted by atomic mass is 10.3. The minimum atomic E-state index is -0.830. The zero-order chi connectivity index (χ0) is 20.5. The minimum Gasteiger partial charge on any atom is -0.494 e. The topological polar surface area (TPSA) is 97.0 Å². The smallest absolute Gasteiger partial charge is 0.279 e. The van der Waals surface area contributed by atoms with Crippen molar-refractivity contribution < 1.29 is 23.9 Å². The van der Waals surface area contributed by atoms with E-state index in [1.807, 2.05) is 6.92 Å². The van der Waals surface area contributed by atoms with Gasteiger partial charge in [-0.25, -0.2) is 0 Å². The number of nitrogens with zero attached hydrogens (tertiary/aromatic N) is 1. The molecule has 2 rings (SSSR count). The van der Waals surface area contributed by atoms with E-state index in [9.17, 15) is 14.4 Å². The Balaban J connectivity index is 1.75. The van der Waals surface area contributed by atoms with Crippen molar-refractivity contribution in [3.8, 4) is 11.5 Å². The van der Waals surface area contributed by atoms with Crippen molar-refractivity contribution in [1.82, 2.24) is 15.8 Å². The van der Waals surface area contributed by atoms with Gasteiger partial charge in [-0.2, -0.15) is 0 Å². The highest BCUT2D eigenvalue weighted by Crippen LogP contribution is 2.18.